The highest BCUT2D eigenvalue weighted by molar-refractivity contribution is 5.74. The van der Waals surface area contributed by atoms with Crippen molar-refractivity contribution in [1.82, 2.24) is 10.2 Å². The average Bonchev–Trinajstić information content (AvgIpc) is 2.97. The van der Waals surface area contributed by atoms with Gasteiger partial charge in [0.05, 0.1) is 0 Å². The zero-order valence-electron chi connectivity index (χ0n) is 12.1. The molecule has 0 aromatic carbocycles. The number of carboxylic acid groups (broad SMARTS) is 1. The Morgan fingerprint density at radius 3 is 2.35 bits per heavy atom. The lowest BCUT2D eigenvalue weighted by Crippen LogP contribution is -2.39. The molecule has 1 saturated carbocycles. The van der Waals surface area contributed by atoms with E-state index in [4.69, 9.17) is 5.11 Å². The van der Waals surface area contributed by atoms with Crippen LogP contribution in [0.4, 0.5) is 4.79 Å². The number of rotatable bonds is 7. The Bertz CT molecular complexity index is 334. The van der Waals surface area contributed by atoms with Gasteiger partial charge >= 0.3 is 12.0 Å². The predicted octanol–water partition coefficient (Wildman–Crippen LogP) is 2.46. The Morgan fingerprint density at radius 2 is 1.70 bits per heavy atom. The van der Waals surface area contributed by atoms with Crippen LogP contribution in [0.1, 0.15) is 51.4 Å². The molecule has 2 unspecified atom stereocenters. The molecular formula is C15H26N2O3. The molecule has 2 aliphatic rings. The number of hydrogen-bond acceptors (Lipinski definition) is 2. The lowest BCUT2D eigenvalue weighted by Gasteiger charge is -2.18. The van der Waals surface area contributed by atoms with E-state index in [-0.39, 0.29) is 12.5 Å². The van der Waals surface area contributed by atoms with Gasteiger partial charge < -0.3 is 15.3 Å². The second-order valence-electron chi connectivity index (χ2n) is 6.15. The van der Waals surface area contributed by atoms with Crippen molar-refractivity contribution >= 4 is 12.0 Å². The average molecular weight is 282 g/mol. The Balaban J connectivity index is 1.49. The summed E-state index contributed by atoms with van der Waals surface area (Å²) in [5.41, 5.74) is 0. The Kier molecular flexibility index (Phi) is 5.68. The SMILES string of the molecule is O=C(O)CCCCCCNC(=O)N1CC2CCCC2C1. The van der Waals surface area contributed by atoms with Gasteiger partial charge in [0.25, 0.3) is 0 Å². The highest BCUT2D eigenvalue weighted by Gasteiger charge is 2.37. The van der Waals surface area contributed by atoms with Crippen LogP contribution in [0.5, 0.6) is 0 Å². The molecule has 1 heterocycles. The van der Waals surface area contributed by atoms with Gasteiger partial charge in [-0.2, -0.15) is 0 Å². The molecule has 2 fully saturated rings. The highest BCUT2D eigenvalue weighted by Crippen LogP contribution is 2.37. The summed E-state index contributed by atoms with van der Waals surface area (Å²) >= 11 is 0. The number of nitrogens with zero attached hydrogens (tertiary/aromatic N) is 1. The number of urea groups is 1. The summed E-state index contributed by atoms with van der Waals surface area (Å²) in [4.78, 5) is 24.3. The third-order valence-electron chi connectivity index (χ3n) is 4.61. The molecule has 20 heavy (non-hydrogen) atoms. The smallest absolute Gasteiger partial charge is 0.317 e. The normalized spacial score (nSPS) is 24.7. The van der Waals surface area contributed by atoms with Crippen molar-refractivity contribution in [3.8, 4) is 0 Å². The van der Waals surface area contributed by atoms with Crippen molar-refractivity contribution in [2.24, 2.45) is 11.8 Å². The first-order valence-electron chi connectivity index (χ1n) is 7.91. The summed E-state index contributed by atoms with van der Waals surface area (Å²) < 4.78 is 0. The molecule has 0 aromatic rings. The van der Waals surface area contributed by atoms with Crippen molar-refractivity contribution < 1.29 is 14.7 Å². The lowest BCUT2D eigenvalue weighted by atomic mass is 10.0. The van der Waals surface area contributed by atoms with Gasteiger partial charge in [-0.05, 0) is 37.5 Å². The molecule has 2 rings (SSSR count). The van der Waals surface area contributed by atoms with Crippen LogP contribution in [0.3, 0.4) is 0 Å². The van der Waals surface area contributed by atoms with Gasteiger partial charge in [-0.25, -0.2) is 4.79 Å². The van der Waals surface area contributed by atoms with Crippen molar-refractivity contribution in [1.29, 1.82) is 0 Å². The highest BCUT2D eigenvalue weighted by atomic mass is 16.4. The van der Waals surface area contributed by atoms with Gasteiger partial charge in [0.1, 0.15) is 0 Å². The van der Waals surface area contributed by atoms with Gasteiger partial charge in [-0.3, -0.25) is 4.79 Å². The quantitative estimate of drug-likeness (QED) is 0.705. The molecule has 2 amide bonds. The summed E-state index contributed by atoms with van der Waals surface area (Å²) in [6.07, 6.45) is 7.75. The number of aliphatic carboxylic acids is 1. The predicted molar refractivity (Wildman–Crippen MR) is 76.5 cm³/mol. The maximum absolute atomic E-state index is 12.0. The fraction of sp³-hybridized carbons (Fsp3) is 0.867. The van der Waals surface area contributed by atoms with E-state index in [1.54, 1.807) is 0 Å². The van der Waals surface area contributed by atoms with E-state index >= 15 is 0 Å². The summed E-state index contributed by atoms with van der Waals surface area (Å²) in [7, 11) is 0. The number of carbonyl (C=O) groups excluding carboxylic acids is 1. The third-order valence-corrected chi connectivity index (χ3v) is 4.61. The fourth-order valence-corrected chi connectivity index (χ4v) is 3.46. The van der Waals surface area contributed by atoms with E-state index in [2.05, 4.69) is 5.32 Å². The Hall–Kier alpha value is -1.26. The molecule has 2 N–H and O–H groups in total. The second kappa shape index (κ2) is 7.50. The lowest BCUT2D eigenvalue weighted by molar-refractivity contribution is -0.137. The van der Waals surface area contributed by atoms with Crippen LogP contribution >= 0.6 is 0 Å². The van der Waals surface area contributed by atoms with Gasteiger partial charge in [-0.1, -0.05) is 19.3 Å². The van der Waals surface area contributed by atoms with Gasteiger partial charge in [0, 0.05) is 26.1 Å². The molecule has 1 saturated heterocycles. The largest absolute Gasteiger partial charge is 0.481 e. The summed E-state index contributed by atoms with van der Waals surface area (Å²) in [6, 6.07) is 0.0879. The van der Waals surface area contributed by atoms with Gasteiger partial charge in [0.15, 0.2) is 0 Å². The minimum absolute atomic E-state index is 0.0879. The Morgan fingerprint density at radius 1 is 1.05 bits per heavy atom. The molecule has 2 atom stereocenters. The van der Waals surface area contributed by atoms with Crippen LogP contribution in [0.2, 0.25) is 0 Å². The molecule has 0 radical (unpaired) electrons. The molecule has 5 nitrogen and oxygen atoms in total. The first-order valence-corrected chi connectivity index (χ1v) is 7.91. The van der Waals surface area contributed by atoms with Gasteiger partial charge in [0.2, 0.25) is 0 Å². The molecule has 0 aromatic heterocycles. The van der Waals surface area contributed by atoms with Crippen LogP contribution in [0.25, 0.3) is 0 Å². The molecule has 0 spiro atoms. The number of likely N-dealkylation sites (tertiary alicyclic amines) is 1. The van der Waals surface area contributed by atoms with E-state index in [9.17, 15) is 9.59 Å². The number of unbranched alkanes of at least 4 members (excludes halogenated alkanes) is 3. The second-order valence-corrected chi connectivity index (χ2v) is 6.15. The minimum atomic E-state index is -0.724. The van der Waals surface area contributed by atoms with Crippen molar-refractivity contribution in [2.45, 2.75) is 51.4 Å². The molecule has 1 aliphatic carbocycles. The summed E-state index contributed by atoms with van der Waals surface area (Å²) in [6.45, 7) is 2.59. The Labute approximate surface area is 120 Å². The van der Waals surface area contributed by atoms with Crippen LogP contribution in [0, 0.1) is 11.8 Å². The van der Waals surface area contributed by atoms with Crippen LogP contribution in [-0.4, -0.2) is 41.6 Å². The standard InChI is InChI=1S/C15H26N2O3/c18-14(19)8-3-1-2-4-9-16-15(20)17-10-12-6-5-7-13(12)11-17/h12-13H,1-11H2,(H,16,20)(H,18,19). The number of hydrogen-bond donors (Lipinski definition) is 2. The van der Waals surface area contributed by atoms with Gasteiger partial charge in [-0.15, -0.1) is 0 Å². The van der Waals surface area contributed by atoms with Crippen molar-refractivity contribution in [2.75, 3.05) is 19.6 Å². The van der Waals surface area contributed by atoms with E-state index < -0.39 is 5.97 Å². The number of carbonyl (C=O) groups is 2. The number of fused-ring (bicyclic) bond motifs is 1. The monoisotopic (exact) mass is 282 g/mol. The third kappa shape index (κ3) is 4.39. The van der Waals surface area contributed by atoms with Crippen LogP contribution in [0.15, 0.2) is 0 Å². The summed E-state index contributed by atoms with van der Waals surface area (Å²) in [5.74, 6) is 0.770. The minimum Gasteiger partial charge on any atom is -0.481 e. The van der Waals surface area contributed by atoms with Crippen molar-refractivity contribution in [3.05, 3.63) is 0 Å². The topological polar surface area (TPSA) is 69.6 Å². The first-order chi connectivity index (χ1) is 9.66. The number of nitrogens with one attached hydrogen (secondary N) is 1. The first kappa shape index (κ1) is 15.1. The summed E-state index contributed by atoms with van der Waals surface area (Å²) in [5, 5.41) is 11.5. The molecule has 114 valence electrons. The maximum atomic E-state index is 12.0. The molecular weight excluding hydrogens is 256 g/mol. The fourth-order valence-electron chi connectivity index (χ4n) is 3.46. The zero-order chi connectivity index (χ0) is 14.4. The zero-order valence-corrected chi connectivity index (χ0v) is 12.1. The van der Waals surface area contributed by atoms with Crippen LogP contribution in [-0.2, 0) is 4.79 Å². The van der Waals surface area contributed by atoms with Crippen LogP contribution < -0.4 is 5.32 Å². The van der Waals surface area contributed by atoms with E-state index in [0.717, 1.165) is 50.6 Å². The molecule has 1 aliphatic heterocycles. The molecule has 5 heteroatoms. The van der Waals surface area contributed by atoms with E-state index in [1.807, 2.05) is 4.90 Å². The maximum Gasteiger partial charge on any atom is 0.317 e. The van der Waals surface area contributed by atoms with E-state index in [1.165, 1.54) is 19.3 Å². The molecule has 0 bridgehead atoms. The number of amides is 2. The van der Waals surface area contributed by atoms with E-state index in [0.29, 0.717) is 6.54 Å². The number of carboxylic acids is 1. The van der Waals surface area contributed by atoms with Crippen molar-refractivity contribution in [3.63, 3.8) is 0 Å².